The summed E-state index contributed by atoms with van der Waals surface area (Å²) in [7, 11) is 1.84. The lowest BCUT2D eigenvalue weighted by molar-refractivity contribution is -0.140. The predicted octanol–water partition coefficient (Wildman–Crippen LogP) is 2.55. The van der Waals surface area contributed by atoms with Crippen LogP contribution in [0.2, 0.25) is 0 Å². The van der Waals surface area contributed by atoms with Gasteiger partial charge in [0.25, 0.3) is 5.91 Å². The largest absolute Gasteiger partial charge is 0.338 e. The zero-order valence-electron chi connectivity index (χ0n) is 16.1. The van der Waals surface area contributed by atoms with Gasteiger partial charge in [-0.2, -0.15) is 5.10 Å². The van der Waals surface area contributed by atoms with Crippen molar-refractivity contribution in [3.8, 4) is 0 Å². The molecule has 1 aromatic heterocycles. The molecule has 0 bridgehead atoms. The molecule has 0 aromatic carbocycles. The van der Waals surface area contributed by atoms with Gasteiger partial charge in [0, 0.05) is 27.1 Å². The Hall–Kier alpha value is -1.85. The van der Waals surface area contributed by atoms with Gasteiger partial charge in [-0.25, -0.2) is 0 Å². The van der Waals surface area contributed by atoms with E-state index in [2.05, 4.69) is 25.9 Å². The van der Waals surface area contributed by atoms with Crippen molar-refractivity contribution in [2.45, 2.75) is 70.9 Å². The lowest BCUT2D eigenvalue weighted by Crippen LogP contribution is -2.68. The van der Waals surface area contributed by atoms with Crippen LogP contribution in [-0.2, 0) is 11.8 Å². The molecule has 0 radical (unpaired) electrons. The maximum atomic E-state index is 13.4. The molecule has 0 unspecified atom stereocenters. The molecule has 2 fully saturated rings. The Labute approximate surface area is 150 Å². The number of aromatic nitrogens is 2. The summed E-state index contributed by atoms with van der Waals surface area (Å²) in [4.78, 5) is 29.4. The van der Waals surface area contributed by atoms with Crippen molar-refractivity contribution in [1.29, 1.82) is 0 Å². The van der Waals surface area contributed by atoms with Crippen LogP contribution in [-0.4, -0.2) is 56.1 Å². The number of likely N-dealkylation sites (tertiary alicyclic amines) is 2. The second-order valence-corrected chi connectivity index (χ2v) is 8.02. The lowest BCUT2D eigenvalue weighted by Gasteiger charge is -2.56. The Kier molecular flexibility index (Phi) is 4.64. The van der Waals surface area contributed by atoms with E-state index in [-0.39, 0.29) is 23.4 Å². The minimum Gasteiger partial charge on any atom is -0.338 e. The maximum Gasteiger partial charge on any atom is 0.272 e. The topological polar surface area (TPSA) is 58.4 Å². The smallest absolute Gasteiger partial charge is 0.272 e. The van der Waals surface area contributed by atoms with E-state index in [9.17, 15) is 9.59 Å². The van der Waals surface area contributed by atoms with Crippen LogP contribution < -0.4 is 0 Å². The van der Waals surface area contributed by atoms with Crippen molar-refractivity contribution in [3.63, 3.8) is 0 Å². The van der Waals surface area contributed by atoms with E-state index in [0.717, 1.165) is 44.5 Å². The summed E-state index contributed by atoms with van der Waals surface area (Å²) in [6.07, 6.45) is 3.80. The molecule has 6 heteroatoms. The molecule has 2 amide bonds. The van der Waals surface area contributed by atoms with Crippen molar-refractivity contribution < 1.29 is 9.59 Å². The summed E-state index contributed by atoms with van der Waals surface area (Å²) in [5.41, 5.74) is 1.30. The zero-order chi connectivity index (χ0) is 18.4. The molecule has 0 N–H and O–H groups in total. The summed E-state index contributed by atoms with van der Waals surface area (Å²) in [5.74, 6) is 0.452. The molecule has 1 aromatic rings. The summed E-state index contributed by atoms with van der Waals surface area (Å²) >= 11 is 0. The molecule has 0 aliphatic carbocycles. The molecular formula is C19H30N4O2. The molecule has 3 heterocycles. The maximum absolute atomic E-state index is 13.4. The number of amides is 2. The number of piperidine rings is 2. The summed E-state index contributed by atoms with van der Waals surface area (Å²) < 4.78 is 1.70. The third kappa shape index (κ3) is 2.96. The van der Waals surface area contributed by atoms with Crippen molar-refractivity contribution in [2.75, 3.05) is 13.1 Å². The van der Waals surface area contributed by atoms with E-state index in [1.165, 1.54) is 0 Å². The van der Waals surface area contributed by atoms with Crippen LogP contribution in [0, 0.1) is 0 Å². The first-order valence-corrected chi connectivity index (χ1v) is 9.39. The fraction of sp³-hybridized carbons (Fsp3) is 0.737. The Balaban J connectivity index is 1.93. The van der Waals surface area contributed by atoms with Gasteiger partial charge in [-0.3, -0.25) is 14.3 Å². The van der Waals surface area contributed by atoms with Crippen LogP contribution in [0.1, 0.15) is 75.5 Å². The SMILES string of the molecule is CC(=O)N1CCC[C@@]2(C)[C@@H]1CCCN2C(=O)c1cc(C(C)C)nn1C. The third-order valence-electron chi connectivity index (χ3n) is 6.01. The van der Waals surface area contributed by atoms with Crippen LogP contribution in [0.3, 0.4) is 0 Å². The average molecular weight is 346 g/mol. The normalized spacial score (nSPS) is 26.7. The van der Waals surface area contributed by atoms with E-state index in [4.69, 9.17) is 0 Å². The van der Waals surface area contributed by atoms with Crippen LogP contribution in [0.5, 0.6) is 0 Å². The molecule has 2 atom stereocenters. The third-order valence-corrected chi connectivity index (χ3v) is 6.01. The first-order chi connectivity index (χ1) is 11.8. The molecule has 25 heavy (non-hydrogen) atoms. The molecule has 2 saturated heterocycles. The Bertz CT molecular complexity index is 681. The summed E-state index contributed by atoms with van der Waals surface area (Å²) in [6, 6.07) is 2.04. The van der Waals surface area contributed by atoms with Crippen LogP contribution in [0.15, 0.2) is 6.07 Å². The van der Waals surface area contributed by atoms with Gasteiger partial charge in [0.05, 0.1) is 17.3 Å². The first-order valence-electron chi connectivity index (χ1n) is 9.39. The minimum absolute atomic E-state index is 0.0412. The van der Waals surface area contributed by atoms with E-state index in [0.29, 0.717) is 11.6 Å². The van der Waals surface area contributed by atoms with Crippen molar-refractivity contribution in [3.05, 3.63) is 17.5 Å². The fourth-order valence-corrected chi connectivity index (χ4v) is 4.57. The highest BCUT2D eigenvalue weighted by molar-refractivity contribution is 5.93. The van der Waals surface area contributed by atoms with Crippen molar-refractivity contribution in [2.24, 2.45) is 7.05 Å². The second-order valence-electron chi connectivity index (χ2n) is 8.02. The van der Waals surface area contributed by atoms with Crippen LogP contribution in [0.25, 0.3) is 0 Å². The van der Waals surface area contributed by atoms with Gasteiger partial charge in [0.15, 0.2) is 0 Å². The number of hydrogen-bond donors (Lipinski definition) is 0. The molecule has 6 nitrogen and oxygen atoms in total. The number of nitrogens with zero attached hydrogens (tertiary/aromatic N) is 4. The fourth-order valence-electron chi connectivity index (χ4n) is 4.57. The Morgan fingerprint density at radius 3 is 2.60 bits per heavy atom. The predicted molar refractivity (Wildman–Crippen MR) is 96.4 cm³/mol. The van der Waals surface area contributed by atoms with Gasteiger partial charge in [-0.1, -0.05) is 13.8 Å². The van der Waals surface area contributed by atoms with E-state index >= 15 is 0 Å². The zero-order valence-corrected chi connectivity index (χ0v) is 16.1. The standard InChI is InChI=1S/C19H30N4O2/c1-13(2)15-12-16(21(5)20-15)18(25)23-11-6-8-17-19(23,4)9-7-10-22(17)14(3)24/h12-13,17H,6-11H2,1-5H3/t17-,19-/m0/s1. The average Bonchev–Trinajstić information content (AvgIpc) is 2.94. The van der Waals surface area contributed by atoms with Crippen molar-refractivity contribution >= 4 is 11.8 Å². The quantitative estimate of drug-likeness (QED) is 0.827. The molecule has 3 rings (SSSR count). The number of carbonyl (C=O) groups is 2. The molecule has 2 aliphatic rings. The summed E-state index contributed by atoms with van der Waals surface area (Å²) in [6.45, 7) is 9.52. The lowest BCUT2D eigenvalue weighted by atomic mass is 9.76. The van der Waals surface area contributed by atoms with Gasteiger partial charge in [-0.05, 0) is 44.6 Å². The van der Waals surface area contributed by atoms with Gasteiger partial charge >= 0.3 is 0 Å². The van der Waals surface area contributed by atoms with Crippen molar-refractivity contribution in [1.82, 2.24) is 19.6 Å². The summed E-state index contributed by atoms with van der Waals surface area (Å²) in [5, 5.41) is 4.50. The number of rotatable bonds is 2. The van der Waals surface area contributed by atoms with E-state index in [1.54, 1.807) is 11.6 Å². The minimum atomic E-state index is -0.290. The monoisotopic (exact) mass is 346 g/mol. The molecule has 0 spiro atoms. The van der Waals surface area contributed by atoms with E-state index in [1.807, 2.05) is 22.9 Å². The Morgan fingerprint density at radius 1 is 1.28 bits per heavy atom. The number of aryl methyl sites for hydroxylation is 1. The first kappa shape index (κ1) is 18.0. The number of carbonyl (C=O) groups excluding carboxylic acids is 2. The molecule has 2 aliphatic heterocycles. The van der Waals surface area contributed by atoms with Gasteiger partial charge in [0.1, 0.15) is 5.69 Å². The van der Waals surface area contributed by atoms with Gasteiger partial charge in [0.2, 0.25) is 5.91 Å². The molecular weight excluding hydrogens is 316 g/mol. The molecule has 138 valence electrons. The van der Waals surface area contributed by atoms with Crippen LogP contribution in [0.4, 0.5) is 0 Å². The number of fused-ring (bicyclic) bond motifs is 1. The van der Waals surface area contributed by atoms with Gasteiger partial charge in [-0.15, -0.1) is 0 Å². The molecule has 0 saturated carbocycles. The highest BCUT2D eigenvalue weighted by atomic mass is 16.2. The number of hydrogen-bond acceptors (Lipinski definition) is 3. The van der Waals surface area contributed by atoms with Gasteiger partial charge < -0.3 is 9.80 Å². The second kappa shape index (κ2) is 6.46. The Morgan fingerprint density at radius 2 is 2.00 bits per heavy atom. The van der Waals surface area contributed by atoms with E-state index < -0.39 is 0 Å². The highest BCUT2D eigenvalue weighted by Crippen LogP contribution is 2.40. The van der Waals surface area contributed by atoms with Crippen LogP contribution >= 0.6 is 0 Å². The highest BCUT2D eigenvalue weighted by Gasteiger charge is 2.50.